The number of rotatable bonds is 3. The fourth-order valence-corrected chi connectivity index (χ4v) is 3.49. The summed E-state index contributed by atoms with van der Waals surface area (Å²) in [7, 11) is 2.09. The second kappa shape index (κ2) is 7.23. The highest BCUT2D eigenvalue weighted by Crippen LogP contribution is 2.20. The van der Waals surface area contributed by atoms with Crippen molar-refractivity contribution in [1.82, 2.24) is 9.47 Å². The lowest BCUT2D eigenvalue weighted by molar-refractivity contribution is -0.510. The van der Waals surface area contributed by atoms with Crippen molar-refractivity contribution < 1.29 is 4.40 Å². The van der Waals surface area contributed by atoms with Gasteiger partial charge in [-0.25, -0.2) is 8.97 Å². The summed E-state index contributed by atoms with van der Waals surface area (Å²) in [6.45, 7) is 4.06. The molecule has 0 spiro atoms. The van der Waals surface area contributed by atoms with Crippen LogP contribution in [0.3, 0.4) is 0 Å². The van der Waals surface area contributed by atoms with Crippen LogP contribution in [0.5, 0.6) is 0 Å². The molecule has 138 valence electrons. The highest BCUT2D eigenvalue weighted by atomic mass is 15.3. The van der Waals surface area contributed by atoms with E-state index in [1.54, 1.807) is 6.21 Å². The van der Waals surface area contributed by atoms with Gasteiger partial charge in [-0.2, -0.15) is 5.10 Å². The normalized spacial score (nSPS) is 15.3. The predicted molar refractivity (Wildman–Crippen MR) is 109 cm³/mol. The number of aromatic nitrogens is 2. The largest absolute Gasteiger partial charge is 0.368 e. The van der Waals surface area contributed by atoms with Crippen molar-refractivity contribution in [3.8, 4) is 11.3 Å². The lowest BCUT2D eigenvalue weighted by atomic mass is 10.1. The van der Waals surface area contributed by atoms with E-state index in [2.05, 4.69) is 74.7 Å². The lowest BCUT2D eigenvalue weighted by Crippen LogP contribution is -2.34. The molecule has 27 heavy (non-hydrogen) atoms. The molecule has 0 atom stereocenters. The van der Waals surface area contributed by atoms with Crippen molar-refractivity contribution >= 4 is 17.8 Å². The van der Waals surface area contributed by atoms with Crippen molar-refractivity contribution in [2.45, 2.75) is 19.8 Å². The molecule has 1 fully saturated rings. The van der Waals surface area contributed by atoms with Crippen molar-refractivity contribution in [3.05, 3.63) is 59.9 Å². The number of nitrogens with zero attached hydrogens (tertiary/aromatic N) is 5. The van der Waals surface area contributed by atoms with Crippen LogP contribution in [-0.2, 0) is 7.05 Å². The molecule has 0 amide bonds. The molecule has 6 nitrogen and oxygen atoms in total. The van der Waals surface area contributed by atoms with Crippen molar-refractivity contribution in [2.24, 2.45) is 23.0 Å². The number of fused-ring (bicyclic) bond motifs is 1. The van der Waals surface area contributed by atoms with Gasteiger partial charge < -0.3 is 10.6 Å². The molecule has 0 bridgehead atoms. The highest BCUT2D eigenvalue weighted by molar-refractivity contribution is 5.83. The third-order valence-electron chi connectivity index (χ3n) is 5.09. The minimum atomic E-state index is 0.503. The summed E-state index contributed by atoms with van der Waals surface area (Å²) in [6.07, 6.45) is 8.34. The standard InChI is InChI=1S/C21H25N6/c1-16-9-12-27-15-19(25(2)20(27)13-16)18-7-5-17(6-8-18)14-23-24-21(22)26-10-3-4-11-26/h5-9,12-15H,3-4,10-11H2,1-2H3,(H2,22,24)/q+1/b23-14+. The molecule has 2 N–H and O–H groups in total. The smallest absolute Gasteiger partial charge is 0.286 e. The van der Waals surface area contributed by atoms with E-state index in [4.69, 9.17) is 5.73 Å². The van der Waals surface area contributed by atoms with Crippen LogP contribution in [0.4, 0.5) is 0 Å². The molecular formula is C21H25N6+. The van der Waals surface area contributed by atoms with E-state index in [0.717, 1.165) is 24.2 Å². The first-order valence-electron chi connectivity index (χ1n) is 9.31. The van der Waals surface area contributed by atoms with Gasteiger partial charge >= 0.3 is 0 Å². The van der Waals surface area contributed by atoms with E-state index >= 15 is 0 Å². The second-order valence-electron chi connectivity index (χ2n) is 7.06. The molecule has 3 heterocycles. The van der Waals surface area contributed by atoms with Crippen molar-refractivity contribution in [3.63, 3.8) is 0 Å². The summed E-state index contributed by atoms with van der Waals surface area (Å²) in [5.74, 6) is 0.503. The molecule has 0 saturated carbocycles. The van der Waals surface area contributed by atoms with Gasteiger partial charge in [0, 0.05) is 24.7 Å². The van der Waals surface area contributed by atoms with Crippen molar-refractivity contribution in [2.75, 3.05) is 13.1 Å². The van der Waals surface area contributed by atoms with Crippen LogP contribution < -0.4 is 10.1 Å². The molecule has 6 heteroatoms. The van der Waals surface area contributed by atoms with Gasteiger partial charge in [-0.1, -0.05) is 12.1 Å². The molecule has 0 unspecified atom stereocenters. The van der Waals surface area contributed by atoms with E-state index in [1.165, 1.54) is 29.7 Å². The Kier molecular flexibility index (Phi) is 4.62. The maximum absolute atomic E-state index is 5.96. The molecule has 1 aliphatic heterocycles. The Morgan fingerprint density at radius 1 is 1.15 bits per heavy atom. The number of likely N-dealkylation sites (tertiary alicyclic amines) is 1. The number of imidazole rings is 1. The Balaban J connectivity index is 1.53. The van der Waals surface area contributed by atoms with Crippen LogP contribution in [0.2, 0.25) is 0 Å². The average molecular weight is 361 g/mol. The van der Waals surface area contributed by atoms with Crippen LogP contribution in [0.15, 0.2) is 59.0 Å². The molecule has 0 aliphatic carbocycles. The zero-order chi connectivity index (χ0) is 18.8. The van der Waals surface area contributed by atoms with E-state index in [1.807, 2.05) is 12.1 Å². The number of nitrogens with two attached hydrogens (primary N) is 1. The minimum absolute atomic E-state index is 0.503. The topological polar surface area (TPSA) is 63.0 Å². The molecule has 0 radical (unpaired) electrons. The van der Waals surface area contributed by atoms with E-state index in [9.17, 15) is 0 Å². The highest BCUT2D eigenvalue weighted by Gasteiger charge is 2.16. The Labute approximate surface area is 159 Å². The monoisotopic (exact) mass is 361 g/mol. The lowest BCUT2D eigenvalue weighted by Gasteiger charge is -2.13. The zero-order valence-electron chi connectivity index (χ0n) is 15.8. The summed E-state index contributed by atoms with van der Waals surface area (Å²) < 4.78 is 4.35. The number of hydrogen-bond acceptors (Lipinski definition) is 2. The van der Waals surface area contributed by atoms with Gasteiger partial charge in [0.05, 0.1) is 19.5 Å². The Morgan fingerprint density at radius 3 is 2.63 bits per heavy atom. The Hall–Kier alpha value is -3.15. The molecule has 2 aromatic heterocycles. The number of pyridine rings is 1. The second-order valence-corrected chi connectivity index (χ2v) is 7.06. The first-order chi connectivity index (χ1) is 13.1. The fraction of sp³-hybridized carbons (Fsp3) is 0.286. The fourth-order valence-electron chi connectivity index (χ4n) is 3.49. The summed E-state index contributed by atoms with van der Waals surface area (Å²) >= 11 is 0. The van der Waals surface area contributed by atoms with Crippen molar-refractivity contribution in [1.29, 1.82) is 0 Å². The molecule has 1 saturated heterocycles. The van der Waals surface area contributed by atoms with Crippen LogP contribution in [-0.4, -0.2) is 34.7 Å². The number of aryl methyl sites for hydroxylation is 2. The third-order valence-corrected chi connectivity index (χ3v) is 5.09. The molecule has 4 rings (SSSR count). The summed E-state index contributed by atoms with van der Waals surface area (Å²) in [5.41, 5.74) is 11.7. The molecule has 1 aliphatic rings. The van der Waals surface area contributed by atoms with Crippen LogP contribution in [0.1, 0.15) is 24.0 Å². The van der Waals surface area contributed by atoms with Gasteiger partial charge in [0.2, 0.25) is 5.96 Å². The SMILES string of the molecule is Cc1cc[n+]2cc(-c3ccc(/C=N/N=C(N)N4CCCC4)cc3)n(C)c2c1. The predicted octanol–water partition coefficient (Wildman–Crippen LogP) is 2.48. The maximum Gasteiger partial charge on any atom is 0.286 e. The van der Waals surface area contributed by atoms with Gasteiger partial charge in [-0.15, -0.1) is 5.10 Å². The maximum atomic E-state index is 5.96. The van der Waals surface area contributed by atoms with Crippen LogP contribution >= 0.6 is 0 Å². The first kappa shape index (κ1) is 17.3. The third kappa shape index (κ3) is 3.56. The zero-order valence-corrected chi connectivity index (χ0v) is 15.8. The number of hydrogen-bond donors (Lipinski definition) is 1. The number of guanidine groups is 1. The van der Waals surface area contributed by atoms with Gasteiger partial charge in [-0.05, 0) is 49.1 Å². The van der Waals surface area contributed by atoms with Gasteiger partial charge in [0.15, 0.2) is 5.69 Å². The molecule has 3 aromatic rings. The summed E-state index contributed by atoms with van der Waals surface area (Å²) in [5, 5.41) is 8.25. The molecular weight excluding hydrogens is 336 g/mol. The van der Waals surface area contributed by atoms with Gasteiger partial charge in [0.25, 0.3) is 5.65 Å². The average Bonchev–Trinajstić information content (AvgIpc) is 3.31. The first-order valence-corrected chi connectivity index (χ1v) is 9.31. The van der Waals surface area contributed by atoms with Crippen LogP contribution in [0, 0.1) is 6.92 Å². The number of benzene rings is 1. The minimum Gasteiger partial charge on any atom is -0.368 e. The Bertz CT molecular complexity index is 1010. The summed E-state index contributed by atoms with van der Waals surface area (Å²) in [6, 6.07) is 12.6. The van der Waals surface area contributed by atoms with Crippen LogP contribution in [0.25, 0.3) is 16.9 Å². The van der Waals surface area contributed by atoms with E-state index in [-0.39, 0.29) is 0 Å². The molecule has 1 aromatic carbocycles. The van der Waals surface area contributed by atoms with Gasteiger partial charge in [0.1, 0.15) is 6.20 Å². The summed E-state index contributed by atoms with van der Waals surface area (Å²) in [4.78, 5) is 2.07. The van der Waals surface area contributed by atoms with Gasteiger partial charge in [-0.3, -0.25) is 0 Å². The quantitative estimate of drug-likeness (QED) is 0.337. The van der Waals surface area contributed by atoms with E-state index in [0.29, 0.717) is 5.96 Å². The Morgan fingerprint density at radius 2 is 1.89 bits per heavy atom. The van der Waals surface area contributed by atoms with E-state index < -0.39 is 0 Å².